The van der Waals surface area contributed by atoms with E-state index in [9.17, 15) is 14.9 Å². The van der Waals surface area contributed by atoms with Crippen LogP contribution >= 0.6 is 0 Å². The van der Waals surface area contributed by atoms with E-state index in [-0.39, 0.29) is 17.4 Å². The number of carbonyl (C=O) groups is 1. The summed E-state index contributed by atoms with van der Waals surface area (Å²) in [5.74, 6) is 0.361. The molecule has 0 radical (unpaired) electrons. The lowest BCUT2D eigenvalue weighted by Gasteiger charge is -2.13. The lowest BCUT2D eigenvalue weighted by atomic mass is 9.91. The van der Waals surface area contributed by atoms with Crippen molar-refractivity contribution in [2.45, 2.75) is 46.0 Å². The van der Waals surface area contributed by atoms with Crippen molar-refractivity contribution < 1.29 is 9.72 Å². The first-order chi connectivity index (χ1) is 9.08. The fraction of sp³-hybridized carbons (Fsp3) is 0.533. The molecule has 19 heavy (non-hydrogen) atoms. The Hall–Kier alpha value is -1.71. The lowest BCUT2D eigenvalue weighted by molar-refractivity contribution is -0.384. The minimum atomic E-state index is -0.429. The van der Waals surface area contributed by atoms with E-state index in [0.29, 0.717) is 6.42 Å². The molecular formula is C15H21NO3. The maximum atomic E-state index is 12.1. The number of carbonyl (C=O) groups excluding carboxylic acids is 1. The highest BCUT2D eigenvalue weighted by atomic mass is 16.6. The second-order valence-corrected chi connectivity index (χ2v) is 4.81. The third-order valence-corrected chi connectivity index (χ3v) is 3.38. The largest absolute Gasteiger partial charge is 0.299 e. The topological polar surface area (TPSA) is 60.2 Å². The summed E-state index contributed by atoms with van der Waals surface area (Å²) in [5, 5.41) is 10.5. The van der Waals surface area contributed by atoms with Gasteiger partial charge in [0.05, 0.1) is 4.92 Å². The molecule has 104 valence electrons. The highest BCUT2D eigenvalue weighted by Gasteiger charge is 2.16. The molecule has 1 unspecified atom stereocenters. The fourth-order valence-electron chi connectivity index (χ4n) is 2.12. The molecule has 4 heteroatoms. The van der Waals surface area contributed by atoms with Gasteiger partial charge in [0.25, 0.3) is 5.69 Å². The number of nitro groups is 1. The monoisotopic (exact) mass is 263 g/mol. The van der Waals surface area contributed by atoms with Gasteiger partial charge in [-0.25, -0.2) is 0 Å². The van der Waals surface area contributed by atoms with Crippen LogP contribution < -0.4 is 0 Å². The van der Waals surface area contributed by atoms with Crippen LogP contribution in [0.4, 0.5) is 5.69 Å². The van der Waals surface area contributed by atoms with Crippen molar-refractivity contribution in [2.24, 2.45) is 5.92 Å². The van der Waals surface area contributed by atoms with Gasteiger partial charge in [-0.2, -0.15) is 0 Å². The average Bonchev–Trinajstić information content (AvgIpc) is 2.40. The Labute approximate surface area is 114 Å². The molecule has 1 atom stereocenters. The zero-order valence-corrected chi connectivity index (χ0v) is 11.6. The molecule has 0 bridgehead atoms. The molecular weight excluding hydrogens is 242 g/mol. The zero-order valence-electron chi connectivity index (χ0n) is 11.6. The number of ketones is 1. The molecule has 0 saturated heterocycles. The smallest absolute Gasteiger partial charge is 0.269 e. The van der Waals surface area contributed by atoms with Crippen molar-refractivity contribution in [1.82, 2.24) is 0 Å². The summed E-state index contributed by atoms with van der Waals surface area (Å²) in [7, 11) is 0. The van der Waals surface area contributed by atoms with E-state index in [1.54, 1.807) is 12.1 Å². The first kappa shape index (κ1) is 15.3. The predicted octanol–water partition coefficient (Wildman–Crippen LogP) is 3.92. The Balaban J connectivity index is 2.62. The van der Waals surface area contributed by atoms with Crippen molar-refractivity contribution in [3.8, 4) is 0 Å². The van der Waals surface area contributed by atoms with E-state index >= 15 is 0 Å². The molecule has 0 spiro atoms. The van der Waals surface area contributed by atoms with Crippen LogP contribution in [0.1, 0.15) is 45.1 Å². The van der Waals surface area contributed by atoms with Crippen LogP contribution in [-0.4, -0.2) is 10.7 Å². The van der Waals surface area contributed by atoms with Crippen molar-refractivity contribution in [1.29, 1.82) is 0 Å². The van der Waals surface area contributed by atoms with Gasteiger partial charge in [-0.05, 0) is 18.4 Å². The molecule has 0 aliphatic heterocycles. The van der Waals surface area contributed by atoms with Gasteiger partial charge in [-0.1, -0.05) is 38.8 Å². The van der Waals surface area contributed by atoms with Gasteiger partial charge in [0, 0.05) is 24.5 Å². The number of Topliss-reactive ketones (excluding diaryl/α,β-unsaturated/α-hetero) is 1. The molecule has 0 amide bonds. The fourth-order valence-corrected chi connectivity index (χ4v) is 2.12. The van der Waals surface area contributed by atoms with Gasteiger partial charge < -0.3 is 0 Å². The van der Waals surface area contributed by atoms with Gasteiger partial charge in [-0.3, -0.25) is 14.9 Å². The van der Waals surface area contributed by atoms with E-state index in [4.69, 9.17) is 0 Å². The Kier molecular flexibility index (Phi) is 6.19. The molecule has 0 N–H and O–H groups in total. The third-order valence-electron chi connectivity index (χ3n) is 3.38. The van der Waals surface area contributed by atoms with E-state index in [0.717, 1.165) is 31.2 Å². The SMILES string of the molecule is CCCCC(CC)C(=O)Cc1ccc([N+](=O)[O-])cc1. The highest BCUT2D eigenvalue weighted by Crippen LogP contribution is 2.18. The summed E-state index contributed by atoms with van der Waals surface area (Å²) in [6, 6.07) is 6.25. The molecule has 0 saturated carbocycles. The second-order valence-electron chi connectivity index (χ2n) is 4.81. The first-order valence-electron chi connectivity index (χ1n) is 6.84. The van der Waals surface area contributed by atoms with Crippen LogP contribution in [0.3, 0.4) is 0 Å². The number of hydrogen-bond donors (Lipinski definition) is 0. The summed E-state index contributed by atoms with van der Waals surface area (Å²) in [6.07, 6.45) is 4.36. The van der Waals surface area contributed by atoms with Crippen LogP contribution in [0.2, 0.25) is 0 Å². The molecule has 1 aromatic carbocycles. The molecule has 1 aromatic rings. The number of benzene rings is 1. The number of nitrogens with zero attached hydrogens (tertiary/aromatic N) is 1. The Morgan fingerprint density at radius 2 is 1.89 bits per heavy atom. The van der Waals surface area contributed by atoms with Gasteiger partial charge in [0.15, 0.2) is 0 Å². The van der Waals surface area contributed by atoms with E-state index in [1.165, 1.54) is 12.1 Å². The van der Waals surface area contributed by atoms with Crippen molar-refractivity contribution in [2.75, 3.05) is 0 Å². The number of rotatable bonds is 8. The lowest BCUT2D eigenvalue weighted by Crippen LogP contribution is -2.16. The van der Waals surface area contributed by atoms with Crippen LogP contribution in [0, 0.1) is 16.0 Å². The van der Waals surface area contributed by atoms with Gasteiger partial charge in [-0.15, -0.1) is 0 Å². The minimum absolute atomic E-state index is 0.0641. The predicted molar refractivity (Wildman–Crippen MR) is 75.1 cm³/mol. The summed E-state index contributed by atoms with van der Waals surface area (Å²) < 4.78 is 0. The van der Waals surface area contributed by atoms with Crippen LogP contribution in [0.15, 0.2) is 24.3 Å². The molecule has 0 aliphatic rings. The maximum Gasteiger partial charge on any atom is 0.269 e. The Bertz CT molecular complexity index is 426. The standard InChI is InChI=1S/C15H21NO3/c1-3-5-6-13(4-2)15(17)11-12-7-9-14(10-8-12)16(18)19/h7-10,13H,3-6,11H2,1-2H3. The summed E-state index contributed by atoms with van der Waals surface area (Å²) in [4.78, 5) is 22.3. The normalized spacial score (nSPS) is 12.1. The van der Waals surface area contributed by atoms with Crippen LogP contribution in [0.5, 0.6) is 0 Å². The quantitative estimate of drug-likeness (QED) is 0.527. The van der Waals surface area contributed by atoms with E-state index < -0.39 is 4.92 Å². The Morgan fingerprint density at radius 1 is 1.26 bits per heavy atom. The summed E-state index contributed by atoms with van der Waals surface area (Å²) >= 11 is 0. The minimum Gasteiger partial charge on any atom is -0.299 e. The third kappa shape index (κ3) is 4.81. The average molecular weight is 263 g/mol. The molecule has 1 rings (SSSR count). The van der Waals surface area contributed by atoms with Gasteiger partial charge >= 0.3 is 0 Å². The maximum absolute atomic E-state index is 12.1. The van der Waals surface area contributed by atoms with Crippen LogP contribution in [0.25, 0.3) is 0 Å². The van der Waals surface area contributed by atoms with Gasteiger partial charge in [0.1, 0.15) is 5.78 Å². The molecule has 4 nitrogen and oxygen atoms in total. The molecule has 0 aromatic heterocycles. The zero-order chi connectivity index (χ0) is 14.3. The molecule has 0 fully saturated rings. The number of hydrogen-bond acceptors (Lipinski definition) is 3. The Morgan fingerprint density at radius 3 is 2.37 bits per heavy atom. The van der Waals surface area contributed by atoms with E-state index in [2.05, 4.69) is 6.92 Å². The van der Waals surface area contributed by atoms with Gasteiger partial charge in [0.2, 0.25) is 0 Å². The van der Waals surface area contributed by atoms with E-state index in [1.807, 2.05) is 6.92 Å². The van der Waals surface area contributed by atoms with Crippen molar-refractivity contribution in [3.05, 3.63) is 39.9 Å². The highest BCUT2D eigenvalue weighted by molar-refractivity contribution is 5.83. The van der Waals surface area contributed by atoms with Crippen molar-refractivity contribution in [3.63, 3.8) is 0 Å². The first-order valence-corrected chi connectivity index (χ1v) is 6.84. The molecule has 0 aliphatic carbocycles. The number of non-ortho nitro benzene ring substituents is 1. The summed E-state index contributed by atoms with van der Waals surface area (Å²) in [5.41, 5.74) is 0.916. The van der Waals surface area contributed by atoms with Crippen LogP contribution in [-0.2, 0) is 11.2 Å². The summed E-state index contributed by atoms with van der Waals surface area (Å²) in [6.45, 7) is 4.15. The number of nitro benzene ring substituents is 1. The number of unbranched alkanes of at least 4 members (excludes halogenated alkanes) is 1. The van der Waals surface area contributed by atoms with Crippen molar-refractivity contribution >= 4 is 11.5 Å². The second kappa shape index (κ2) is 7.67. The molecule has 0 heterocycles.